The Kier molecular flexibility index (Phi) is 4.53. The molecule has 24 heavy (non-hydrogen) atoms. The number of carbonyl (C=O) groups is 1. The third-order valence-corrected chi connectivity index (χ3v) is 4.25. The quantitative estimate of drug-likeness (QED) is 0.942. The Labute approximate surface area is 140 Å². The highest BCUT2D eigenvalue weighted by atomic mass is 19.1. The maximum absolute atomic E-state index is 13.3. The van der Waals surface area contributed by atoms with Crippen LogP contribution in [0.25, 0.3) is 0 Å². The fraction of sp³-hybridized carbons (Fsp3) is 0.316. The maximum atomic E-state index is 13.3. The Morgan fingerprint density at radius 2 is 2.00 bits per heavy atom. The molecule has 1 aliphatic rings. The smallest absolute Gasteiger partial charge is 0.254 e. The van der Waals surface area contributed by atoms with Crippen LogP contribution < -0.4 is 4.74 Å². The highest BCUT2D eigenvalue weighted by molar-refractivity contribution is 5.94. The summed E-state index contributed by atoms with van der Waals surface area (Å²) in [6.45, 7) is 2.24. The highest BCUT2D eigenvalue weighted by Crippen LogP contribution is 2.27. The molecular weight excluding hydrogens is 309 g/mol. The third kappa shape index (κ3) is 3.57. The molecule has 0 aromatic heterocycles. The molecule has 0 aliphatic carbocycles. The van der Waals surface area contributed by atoms with Crippen LogP contribution in [-0.2, 0) is 0 Å². The molecule has 126 valence electrons. The van der Waals surface area contributed by atoms with Crippen LogP contribution in [0.3, 0.4) is 0 Å². The number of nitrogens with zero attached hydrogens (tertiary/aromatic N) is 1. The lowest BCUT2D eigenvalue weighted by molar-refractivity contribution is -0.0899. The van der Waals surface area contributed by atoms with Crippen molar-refractivity contribution in [1.82, 2.24) is 4.90 Å². The molecule has 5 heteroatoms. The Morgan fingerprint density at radius 3 is 2.67 bits per heavy atom. The number of ether oxygens (including phenoxy) is 1. The summed E-state index contributed by atoms with van der Waals surface area (Å²) in [4.78, 5) is 14.1. The van der Waals surface area contributed by atoms with Crippen molar-refractivity contribution in [2.45, 2.75) is 25.0 Å². The van der Waals surface area contributed by atoms with Crippen LogP contribution >= 0.6 is 0 Å². The Balaban J connectivity index is 1.70. The van der Waals surface area contributed by atoms with Gasteiger partial charge in [-0.2, -0.15) is 0 Å². The number of piperidine rings is 1. The number of carbonyl (C=O) groups excluding carboxylic acids is 1. The molecule has 2 atom stereocenters. The third-order valence-electron chi connectivity index (χ3n) is 4.25. The average molecular weight is 329 g/mol. The minimum absolute atomic E-state index is 0.139. The first-order valence-corrected chi connectivity index (χ1v) is 7.95. The van der Waals surface area contributed by atoms with Gasteiger partial charge in [-0.25, -0.2) is 4.39 Å². The molecule has 1 fully saturated rings. The molecule has 1 amide bonds. The minimum atomic E-state index is -1.18. The molecule has 0 spiro atoms. The van der Waals surface area contributed by atoms with Gasteiger partial charge in [0.1, 0.15) is 23.3 Å². The van der Waals surface area contributed by atoms with Gasteiger partial charge in [0.2, 0.25) is 0 Å². The lowest BCUT2D eigenvalue weighted by atomic mass is 9.91. The fourth-order valence-corrected chi connectivity index (χ4v) is 2.98. The zero-order valence-corrected chi connectivity index (χ0v) is 13.5. The van der Waals surface area contributed by atoms with Crippen LogP contribution in [0.5, 0.6) is 5.75 Å². The standard InChI is InChI=1S/C19H20FNO3/c1-19(23)13-21(18(22)14-6-5-7-15(20)12-14)11-10-17(19)24-16-8-3-2-4-9-16/h2-9,12,17,23H,10-11,13H2,1H3/t17-,19-/m0/s1. The van der Waals surface area contributed by atoms with Gasteiger partial charge >= 0.3 is 0 Å². The van der Waals surface area contributed by atoms with Gasteiger partial charge < -0.3 is 14.7 Å². The van der Waals surface area contributed by atoms with E-state index in [-0.39, 0.29) is 18.0 Å². The number of halogens is 1. The van der Waals surface area contributed by atoms with Crippen LogP contribution in [0.15, 0.2) is 54.6 Å². The van der Waals surface area contributed by atoms with E-state index in [1.807, 2.05) is 30.3 Å². The Hall–Kier alpha value is -2.40. The molecule has 0 radical (unpaired) electrons. The van der Waals surface area contributed by atoms with Crippen LogP contribution in [0.4, 0.5) is 4.39 Å². The van der Waals surface area contributed by atoms with Gasteiger partial charge in [-0.15, -0.1) is 0 Å². The molecule has 1 aliphatic heterocycles. The molecule has 0 unspecified atom stereocenters. The second-order valence-electron chi connectivity index (χ2n) is 6.30. The van der Waals surface area contributed by atoms with E-state index >= 15 is 0 Å². The van der Waals surface area contributed by atoms with Crippen molar-refractivity contribution in [2.75, 3.05) is 13.1 Å². The largest absolute Gasteiger partial charge is 0.487 e. The first-order valence-electron chi connectivity index (χ1n) is 7.95. The predicted molar refractivity (Wildman–Crippen MR) is 88.4 cm³/mol. The van der Waals surface area contributed by atoms with E-state index < -0.39 is 17.5 Å². The first-order chi connectivity index (χ1) is 11.5. The number of hydrogen-bond acceptors (Lipinski definition) is 3. The van der Waals surface area contributed by atoms with E-state index in [0.717, 1.165) is 0 Å². The maximum Gasteiger partial charge on any atom is 0.254 e. The normalized spacial score (nSPS) is 23.8. The molecule has 1 saturated heterocycles. The second kappa shape index (κ2) is 6.61. The number of likely N-dealkylation sites (tertiary alicyclic amines) is 1. The molecule has 0 saturated carbocycles. The molecule has 1 heterocycles. The van der Waals surface area contributed by atoms with Crippen molar-refractivity contribution in [3.8, 4) is 5.75 Å². The number of hydrogen-bond donors (Lipinski definition) is 1. The van der Waals surface area contributed by atoms with Gasteiger partial charge in [0.25, 0.3) is 5.91 Å². The molecule has 4 nitrogen and oxygen atoms in total. The Morgan fingerprint density at radius 1 is 1.25 bits per heavy atom. The summed E-state index contributed by atoms with van der Waals surface area (Å²) in [5.74, 6) is -0.0458. The van der Waals surface area contributed by atoms with E-state index in [9.17, 15) is 14.3 Å². The summed E-state index contributed by atoms with van der Waals surface area (Å²) >= 11 is 0. The van der Waals surface area contributed by atoms with Crippen molar-refractivity contribution in [3.63, 3.8) is 0 Å². The second-order valence-corrected chi connectivity index (χ2v) is 6.30. The molecule has 2 aromatic carbocycles. The summed E-state index contributed by atoms with van der Waals surface area (Å²) in [5.41, 5.74) is -0.898. The number of para-hydroxylation sites is 1. The molecule has 1 N–H and O–H groups in total. The highest BCUT2D eigenvalue weighted by Gasteiger charge is 2.41. The van der Waals surface area contributed by atoms with Gasteiger partial charge in [0.05, 0.1) is 6.54 Å². The van der Waals surface area contributed by atoms with Gasteiger partial charge in [-0.1, -0.05) is 24.3 Å². The van der Waals surface area contributed by atoms with Crippen LogP contribution in [-0.4, -0.2) is 40.7 Å². The first kappa shape index (κ1) is 16.5. The number of benzene rings is 2. The average Bonchev–Trinajstić information content (AvgIpc) is 2.57. The van der Waals surface area contributed by atoms with Crippen molar-refractivity contribution >= 4 is 5.91 Å². The topological polar surface area (TPSA) is 49.8 Å². The number of β-amino-alcohol motifs (C(OH)–C–C–N with tert-alkyl or cyclic N) is 1. The summed E-state index contributed by atoms with van der Waals surface area (Å²) < 4.78 is 19.2. The summed E-state index contributed by atoms with van der Waals surface area (Å²) in [7, 11) is 0. The summed E-state index contributed by atoms with van der Waals surface area (Å²) in [5, 5.41) is 10.7. The van der Waals surface area contributed by atoms with Crippen molar-refractivity contribution in [2.24, 2.45) is 0 Å². The molecule has 2 aromatic rings. The minimum Gasteiger partial charge on any atom is -0.487 e. The SMILES string of the molecule is C[C@]1(O)CN(C(=O)c2cccc(F)c2)CC[C@@H]1Oc1ccccc1. The van der Waals surface area contributed by atoms with Crippen molar-refractivity contribution in [3.05, 3.63) is 66.0 Å². The Bertz CT molecular complexity index is 718. The lowest BCUT2D eigenvalue weighted by Gasteiger charge is -2.42. The summed E-state index contributed by atoms with van der Waals surface area (Å²) in [6, 6.07) is 14.9. The molecule has 3 rings (SSSR count). The van der Waals surface area contributed by atoms with Crippen LogP contribution in [0.2, 0.25) is 0 Å². The summed E-state index contributed by atoms with van der Waals surface area (Å²) in [6.07, 6.45) is 0.0969. The van der Waals surface area contributed by atoms with Crippen LogP contribution in [0.1, 0.15) is 23.7 Å². The molecular formula is C19H20FNO3. The van der Waals surface area contributed by atoms with E-state index in [0.29, 0.717) is 18.7 Å². The zero-order chi connectivity index (χ0) is 17.2. The van der Waals surface area contributed by atoms with Crippen molar-refractivity contribution < 1.29 is 19.0 Å². The predicted octanol–water partition coefficient (Wildman–Crippen LogP) is 2.87. The van der Waals surface area contributed by atoms with E-state index in [4.69, 9.17) is 4.74 Å². The van der Waals surface area contributed by atoms with Gasteiger partial charge in [-0.3, -0.25) is 4.79 Å². The number of rotatable bonds is 3. The number of aliphatic hydroxyl groups is 1. The lowest BCUT2D eigenvalue weighted by Crippen LogP contribution is -2.58. The van der Waals surface area contributed by atoms with Gasteiger partial charge in [0.15, 0.2) is 0 Å². The fourth-order valence-electron chi connectivity index (χ4n) is 2.98. The van der Waals surface area contributed by atoms with E-state index in [2.05, 4.69) is 0 Å². The van der Waals surface area contributed by atoms with Gasteiger partial charge in [-0.05, 0) is 37.3 Å². The van der Waals surface area contributed by atoms with E-state index in [1.54, 1.807) is 17.9 Å². The van der Waals surface area contributed by atoms with Crippen LogP contribution in [0, 0.1) is 5.82 Å². The number of amides is 1. The monoisotopic (exact) mass is 329 g/mol. The molecule has 0 bridgehead atoms. The van der Waals surface area contributed by atoms with Gasteiger partial charge in [0, 0.05) is 18.5 Å². The zero-order valence-electron chi connectivity index (χ0n) is 13.5. The van der Waals surface area contributed by atoms with Crippen molar-refractivity contribution in [1.29, 1.82) is 0 Å². The van der Waals surface area contributed by atoms with E-state index in [1.165, 1.54) is 18.2 Å².